The second-order valence-corrected chi connectivity index (χ2v) is 8.63. The molecular formula is C20H27Cl3N4OS2. The van der Waals surface area contributed by atoms with Gasteiger partial charge in [-0.2, -0.15) is 0 Å². The molecule has 0 saturated carbocycles. The van der Waals surface area contributed by atoms with Crippen LogP contribution in [0.25, 0.3) is 11.0 Å². The Hall–Kier alpha value is -0.670. The normalized spacial score (nSPS) is 13.9. The van der Waals surface area contributed by atoms with E-state index in [-0.39, 0.29) is 37.2 Å². The zero-order valence-electron chi connectivity index (χ0n) is 16.7. The number of hydrogen-bond acceptors (Lipinski definition) is 6. The number of morpholine rings is 1. The van der Waals surface area contributed by atoms with Crippen LogP contribution in [0.4, 0.5) is 0 Å². The molecule has 1 aliphatic rings. The van der Waals surface area contributed by atoms with E-state index >= 15 is 0 Å². The molecule has 0 spiro atoms. The molecule has 0 amide bonds. The zero-order valence-corrected chi connectivity index (χ0v) is 20.8. The van der Waals surface area contributed by atoms with Gasteiger partial charge in [0, 0.05) is 42.2 Å². The molecular weight excluding hydrogens is 483 g/mol. The maximum atomic E-state index is 5.42. The number of nitrogens with one attached hydrogen (secondary N) is 1. The lowest BCUT2D eigenvalue weighted by molar-refractivity contribution is 0.0410. The van der Waals surface area contributed by atoms with Crippen LogP contribution in [-0.4, -0.2) is 58.5 Å². The van der Waals surface area contributed by atoms with Crippen molar-refractivity contribution in [2.45, 2.75) is 22.7 Å². The van der Waals surface area contributed by atoms with E-state index in [2.05, 4.69) is 38.9 Å². The first-order valence-corrected chi connectivity index (χ1v) is 11.2. The van der Waals surface area contributed by atoms with Gasteiger partial charge in [-0.05, 0) is 30.7 Å². The molecule has 0 aliphatic carbocycles. The fraction of sp³-hybridized carbons (Fsp3) is 0.400. The Kier molecular flexibility index (Phi) is 12.5. The van der Waals surface area contributed by atoms with Gasteiger partial charge in [0.1, 0.15) is 0 Å². The molecule has 0 atom stereocenters. The van der Waals surface area contributed by atoms with Crippen LogP contribution in [0, 0.1) is 6.92 Å². The predicted octanol–water partition coefficient (Wildman–Crippen LogP) is 5.25. The fourth-order valence-corrected chi connectivity index (χ4v) is 5.08. The molecule has 1 aliphatic heterocycles. The third-order valence-electron chi connectivity index (χ3n) is 4.74. The summed E-state index contributed by atoms with van der Waals surface area (Å²) in [6.07, 6.45) is 1.93. The second-order valence-electron chi connectivity index (χ2n) is 6.53. The van der Waals surface area contributed by atoms with Crippen LogP contribution in [0.2, 0.25) is 0 Å². The fourth-order valence-electron chi connectivity index (χ4n) is 3.10. The Bertz CT molecular complexity index is 874. The van der Waals surface area contributed by atoms with Crippen molar-refractivity contribution < 1.29 is 4.74 Å². The highest BCUT2D eigenvalue weighted by molar-refractivity contribution is 7.99. The van der Waals surface area contributed by atoms with E-state index in [9.17, 15) is 0 Å². The average Bonchev–Trinajstić information content (AvgIpc) is 3.12. The summed E-state index contributed by atoms with van der Waals surface area (Å²) in [5, 5.41) is 0.947. The SMILES string of the molecule is Cc1c(SCCN2CCOCC2)ccnc1CSc1nc2ccccc2[nH]1.Cl.Cl.Cl. The molecule has 166 valence electrons. The molecule has 0 radical (unpaired) electrons. The largest absolute Gasteiger partial charge is 0.379 e. The molecule has 4 rings (SSSR count). The second kappa shape index (κ2) is 13.7. The Morgan fingerprint density at radius 1 is 1.07 bits per heavy atom. The molecule has 3 aromatic rings. The van der Waals surface area contributed by atoms with E-state index < -0.39 is 0 Å². The number of rotatable bonds is 7. The van der Waals surface area contributed by atoms with Gasteiger partial charge in [0.15, 0.2) is 5.16 Å². The summed E-state index contributed by atoms with van der Waals surface area (Å²) in [5.74, 6) is 1.92. The monoisotopic (exact) mass is 508 g/mol. The average molecular weight is 510 g/mol. The predicted molar refractivity (Wildman–Crippen MR) is 134 cm³/mol. The van der Waals surface area contributed by atoms with Crippen LogP contribution in [0.1, 0.15) is 11.3 Å². The smallest absolute Gasteiger partial charge is 0.166 e. The van der Waals surface area contributed by atoms with Crippen molar-refractivity contribution in [2.75, 3.05) is 38.6 Å². The standard InChI is InChI=1S/C20H24N4OS2.3ClH/c1-15-18(14-27-20-22-16-4-2-3-5-17(16)23-20)21-7-6-19(15)26-13-10-24-8-11-25-12-9-24;;;/h2-7H,8-14H2,1H3,(H,22,23);3*1H. The van der Waals surface area contributed by atoms with Gasteiger partial charge in [-0.1, -0.05) is 23.9 Å². The maximum absolute atomic E-state index is 5.42. The number of halogens is 3. The molecule has 5 nitrogen and oxygen atoms in total. The van der Waals surface area contributed by atoms with Crippen molar-refractivity contribution in [3.05, 3.63) is 47.8 Å². The minimum absolute atomic E-state index is 0. The summed E-state index contributed by atoms with van der Waals surface area (Å²) in [5.41, 5.74) is 4.51. The van der Waals surface area contributed by atoms with Gasteiger partial charge in [0.25, 0.3) is 0 Å². The molecule has 2 aromatic heterocycles. The summed E-state index contributed by atoms with van der Waals surface area (Å²) in [7, 11) is 0. The first kappa shape index (κ1) is 27.4. The van der Waals surface area contributed by atoms with Crippen molar-refractivity contribution in [3.63, 3.8) is 0 Å². The number of nitrogens with zero attached hydrogens (tertiary/aromatic N) is 3. The van der Waals surface area contributed by atoms with Crippen molar-refractivity contribution in [2.24, 2.45) is 0 Å². The van der Waals surface area contributed by atoms with Crippen molar-refractivity contribution in [3.8, 4) is 0 Å². The van der Waals surface area contributed by atoms with Gasteiger partial charge in [-0.3, -0.25) is 9.88 Å². The Labute approximate surface area is 204 Å². The van der Waals surface area contributed by atoms with Gasteiger partial charge in [0.05, 0.1) is 29.9 Å². The van der Waals surface area contributed by atoms with E-state index in [4.69, 9.17) is 4.74 Å². The molecule has 1 N–H and O–H groups in total. The summed E-state index contributed by atoms with van der Waals surface area (Å²) < 4.78 is 5.42. The van der Waals surface area contributed by atoms with Gasteiger partial charge < -0.3 is 9.72 Å². The molecule has 1 aromatic carbocycles. The lowest BCUT2D eigenvalue weighted by Crippen LogP contribution is -2.37. The number of H-pyrrole nitrogens is 1. The molecule has 3 heterocycles. The number of aromatic amines is 1. The highest BCUT2D eigenvalue weighted by atomic mass is 35.5. The molecule has 1 fully saturated rings. The number of pyridine rings is 1. The highest BCUT2D eigenvalue weighted by Crippen LogP contribution is 2.28. The van der Waals surface area contributed by atoms with Crippen LogP contribution < -0.4 is 0 Å². The van der Waals surface area contributed by atoms with E-state index in [1.807, 2.05) is 36.2 Å². The molecule has 1 saturated heterocycles. The number of hydrogen-bond donors (Lipinski definition) is 1. The third-order valence-corrected chi connectivity index (χ3v) is 6.77. The van der Waals surface area contributed by atoms with Crippen molar-refractivity contribution >= 4 is 71.8 Å². The summed E-state index contributed by atoms with van der Waals surface area (Å²) >= 11 is 3.63. The zero-order chi connectivity index (χ0) is 18.5. The maximum Gasteiger partial charge on any atom is 0.166 e. The number of para-hydroxylation sites is 2. The number of aromatic nitrogens is 3. The first-order valence-electron chi connectivity index (χ1n) is 9.24. The van der Waals surface area contributed by atoms with E-state index in [0.717, 1.165) is 66.2 Å². The number of thioether (sulfide) groups is 2. The van der Waals surface area contributed by atoms with Crippen LogP contribution in [0.5, 0.6) is 0 Å². The van der Waals surface area contributed by atoms with Gasteiger partial charge >= 0.3 is 0 Å². The third kappa shape index (κ3) is 7.19. The summed E-state index contributed by atoms with van der Waals surface area (Å²) in [4.78, 5) is 16.4. The Balaban J connectivity index is 0.00000150. The summed E-state index contributed by atoms with van der Waals surface area (Å²) in [6.45, 7) is 7.12. The van der Waals surface area contributed by atoms with E-state index in [0.29, 0.717) is 0 Å². The van der Waals surface area contributed by atoms with Crippen molar-refractivity contribution in [1.82, 2.24) is 19.9 Å². The molecule has 30 heavy (non-hydrogen) atoms. The lowest BCUT2D eigenvalue weighted by Gasteiger charge is -2.26. The quantitative estimate of drug-likeness (QED) is 0.439. The Morgan fingerprint density at radius 3 is 2.60 bits per heavy atom. The lowest BCUT2D eigenvalue weighted by atomic mass is 10.2. The topological polar surface area (TPSA) is 54.0 Å². The molecule has 0 unspecified atom stereocenters. The van der Waals surface area contributed by atoms with Crippen LogP contribution >= 0.6 is 60.7 Å². The summed E-state index contributed by atoms with van der Waals surface area (Å²) in [6, 6.07) is 10.3. The van der Waals surface area contributed by atoms with Gasteiger partial charge in [0.2, 0.25) is 0 Å². The van der Waals surface area contributed by atoms with E-state index in [1.54, 1.807) is 11.8 Å². The number of benzene rings is 1. The Morgan fingerprint density at radius 2 is 1.83 bits per heavy atom. The van der Waals surface area contributed by atoms with Gasteiger partial charge in [-0.15, -0.1) is 49.0 Å². The molecule has 0 bridgehead atoms. The molecule has 10 heteroatoms. The minimum atomic E-state index is 0. The number of fused-ring (bicyclic) bond motifs is 1. The highest BCUT2D eigenvalue weighted by Gasteiger charge is 2.12. The number of imidazole rings is 1. The first-order chi connectivity index (χ1) is 13.3. The van der Waals surface area contributed by atoms with Crippen LogP contribution in [0.15, 0.2) is 46.6 Å². The van der Waals surface area contributed by atoms with Gasteiger partial charge in [-0.25, -0.2) is 4.98 Å². The van der Waals surface area contributed by atoms with Crippen molar-refractivity contribution in [1.29, 1.82) is 0 Å². The van der Waals surface area contributed by atoms with Crippen LogP contribution in [-0.2, 0) is 10.5 Å². The van der Waals surface area contributed by atoms with Crippen LogP contribution in [0.3, 0.4) is 0 Å². The minimum Gasteiger partial charge on any atom is -0.379 e. The van der Waals surface area contributed by atoms with E-state index in [1.165, 1.54) is 10.5 Å². The number of ether oxygens (including phenoxy) is 1.